The number of benzene rings is 5. The molecule has 5 aromatic rings. The smallest absolute Gasteiger partial charge is 0.343 e. The molecule has 0 aliphatic carbocycles. The maximum Gasteiger partial charge on any atom is 0.343 e. The van der Waals surface area contributed by atoms with Gasteiger partial charge in [-0.3, -0.25) is 4.31 Å². The monoisotopic (exact) mass is 549 g/mol. The minimum Gasteiger partial charge on any atom is -0.487 e. The summed E-state index contributed by atoms with van der Waals surface area (Å²) in [5, 5.41) is 0. The van der Waals surface area contributed by atoms with Crippen molar-refractivity contribution in [1.29, 1.82) is 0 Å². The quantitative estimate of drug-likeness (QED) is 0.140. The summed E-state index contributed by atoms with van der Waals surface area (Å²) in [7, 11) is -4.04. The molecule has 0 aliphatic heterocycles. The fourth-order valence-electron chi connectivity index (χ4n) is 4.12. The van der Waals surface area contributed by atoms with E-state index in [1.165, 1.54) is 10.4 Å². The first kappa shape index (κ1) is 26.7. The van der Waals surface area contributed by atoms with E-state index in [0.717, 1.165) is 11.1 Å². The van der Waals surface area contributed by atoms with Crippen LogP contribution >= 0.6 is 0 Å². The molecule has 0 N–H and O–H groups in total. The fraction of sp³-hybridized carbons (Fsp3) is 0.0606. The Hall–Kier alpha value is -4.88. The molecule has 0 radical (unpaired) electrons. The Morgan fingerprint density at radius 3 is 1.82 bits per heavy atom. The van der Waals surface area contributed by atoms with E-state index in [0.29, 0.717) is 11.3 Å². The summed E-state index contributed by atoms with van der Waals surface area (Å²) >= 11 is 0. The molecule has 0 fully saturated rings. The number of carbonyl (C=O) groups excluding carboxylic acids is 1. The van der Waals surface area contributed by atoms with Crippen LogP contribution in [0.15, 0.2) is 144 Å². The second-order valence-corrected chi connectivity index (χ2v) is 10.8. The highest BCUT2D eigenvalue weighted by molar-refractivity contribution is 7.92. The third-order valence-electron chi connectivity index (χ3n) is 6.16. The molecular weight excluding hydrogens is 522 g/mol. The predicted molar refractivity (Wildman–Crippen MR) is 155 cm³/mol. The van der Waals surface area contributed by atoms with Crippen molar-refractivity contribution in [2.75, 3.05) is 4.31 Å². The molecule has 0 atom stereocenters. The summed E-state index contributed by atoms with van der Waals surface area (Å²) < 4.78 is 41.3. The van der Waals surface area contributed by atoms with Crippen molar-refractivity contribution < 1.29 is 22.7 Å². The lowest BCUT2D eigenvalue weighted by Gasteiger charge is -2.27. The minimum atomic E-state index is -4.04. The van der Waals surface area contributed by atoms with Crippen LogP contribution in [0.1, 0.15) is 21.5 Å². The summed E-state index contributed by atoms with van der Waals surface area (Å²) in [6, 6.07) is 40.5. The van der Waals surface area contributed by atoms with Crippen molar-refractivity contribution in [1.82, 2.24) is 0 Å². The van der Waals surface area contributed by atoms with Crippen molar-refractivity contribution in [2.24, 2.45) is 0 Å². The zero-order chi connectivity index (χ0) is 27.8. The molecule has 0 amide bonds. The van der Waals surface area contributed by atoms with Crippen molar-refractivity contribution in [3.8, 4) is 11.5 Å². The van der Waals surface area contributed by atoms with Gasteiger partial charge in [0.1, 0.15) is 18.1 Å². The zero-order valence-electron chi connectivity index (χ0n) is 21.6. The molecule has 0 spiro atoms. The fourth-order valence-corrected chi connectivity index (χ4v) is 5.60. The summed E-state index contributed by atoms with van der Waals surface area (Å²) in [6.07, 6.45) is 0. The topological polar surface area (TPSA) is 72.9 Å². The lowest BCUT2D eigenvalue weighted by molar-refractivity contribution is 0.0734. The molecule has 0 saturated carbocycles. The Morgan fingerprint density at radius 1 is 0.650 bits per heavy atom. The van der Waals surface area contributed by atoms with Crippen molar-refractivity contribution in [3.05, 3.63) is 156 Å². The highest BCUT2D eigenvalue weighted by Crippen LogP contribution is 2.37. The van der Waals surface area contributed by atoms with Gasteiger partial charge in [-0.1, -0.05) is 97.1 Å². The maximum absolute atomic E-state index is 14.1. The normalized spacial score (nSPS) is 11.0. The van der Waals surface area contributed by atoms with Gasteiger partial charge < -0.3 is 9.47 Å². The van der Waals surface area contributed by atoms with Gasteiger partial charge in [0.05, 0.1) is 22.7 Å². The molecule has 5 aromatic carbocycles. The Balaban J connectivity index is 1.59. The number of nitrogens with zero attached hydrogens (tertiary/aromatic N) is 1. The highest BCUT2D eigenvalue weighted by Gasteiger charge is 2.28. The number of ether oxygens (including phenoxy) is 2. The number of carbonyl (C=O) groups is 1. The molecule has 0 heterocycles. The van der Waals surface area contributed by atoms with E-state index in [9.17, 15) is 13.2 Å². The Labute approximate surface area is 234 Å². The van der Waals surface area contributed by atoms with E-state index < -0.39 is 16.0 Å². The second-order valence-electron chi connectivity index (χ2n) is 8.97. The van der Waals surface area contributed by atoms with Crippen LogP contribution in [0.5, 0.6) is 11.5 Å². The first-order valence-corrected chi connectivity index (χ1v) is 14.1. The van der Waals surface area contributed by atoms with Crippen LogP contribution in [0.25, 0.3) is 0 Å². The molecular formula is C33H27NO5S. The van der Waals surface area contributed by atoms with Gasteiger partial charge in [-0.2, -0.15) is 0 Å². The Morgan fingerprint density at radius 2 is 1.20 bits per heavy atom. The molecule has 6 nitrogen and oxygen atoms in total. The number of esters is 1. The number of anilines is 1. The lowest BCUT2D eigenvalue weighted by atomic mass is 10.2. The number of hydrogen-bond acceptors (Lipinski definition) is 5. The largest absolute Gasteiger partial charge is 0.487 e. The SMILES string of the molecule is O=C(Oc1ccc(OCc2ccccc2)c(N(Cc2ccccc2)S(=O)(=O)c2ccccc2)c1)c1ccccc1. The van der Waals surface area contributed by atoms with E-state index in [1.54, 1.807) is 66.7 Å². The second kappa shape index (κ2) is 12.3. The molecule has 40 heavy (non-hydrogen) atoms. The van der Waals surface area contributed by atoms with E-state index in [2.05, 4.69) is 0 Å². The molecule has 0 aromatic heterocycles. The van der Waals surface area contributed by atoms with Gasteiger partial charge in [-0.25, -0.2) is 13.2 Å². The molecule has 200 valence electrons. The number of rotatable bonds is 10. The van der Waals surface area contributed by atoms with Crippen molar-refractivity contribution >= 4 is 21.7 Å². The van der Waals surface area contributed by atoms with Gasteiger partial charge in [0, 0.05) is 6.07 Å². The first-order chi connectivity index (χ1) is 19.5. The van der Waals surface area contributed by atoms with Gasteiger partial charge in [-0.05, 0) is 47.5 Å². The summed E-state index contributed by atoms with van der Waals surface area (Å²) in [6.45, 7) is 0.261. The van der Waals surface area contributed by atoms with Crippen LogP contribution in [0.3, 0.4) is 0 Å². The molecule has 0 bridgehead atoms. The van der Waals surface area contributed by atoms with Crippen molar-refractivity contribution in [3.63, 3.8) is 0 Å². The van der Waals surface area contributed by atoms with Gasteiger partial charge >= 0.3 is 5.97 Å². The standard InChI is InChI=1S/C33H27NO5S/c35-33(28-17-9-3-10-18-28)39-29-21-22-32(38-25-27-15-7-2-8-16-27)31(23-29)34(24-26-13-5-1-6-14-26)40(36,37)30-19-11-4-12-20-30/h1-23H,24-25H2. The third kappa shape index (κ3) is 6.39. The van der Waals surface area contributed by atoms with Crippen LogP contribution in [-0.2, 0) is 23.2 Å². The van der Waals surface area contributed by atoms with Crippen LogP contribution in [0.4, 0.5) is 5.69 Å². The van der Waals surface area contributed by atoms with E-state index in [4.69, 9.17) is 9.47 Å². The highest BCUT2D eigenvalue weighted by atomic mass is 32.2. The van der Waals surface area contributed by atoms with Gasteiger partial charge in [0.15, 0.2) is 0 Å². The first-order valence-electron chi connectivity index (χ1n) is 12.7. The van der Waals surface area contributed by atoms with Crippen molar-refractivity contribution in [2.45, 2.75) is 18.0 Å². The number of sulfonamides is 1. The average molecular weight is 550 g/mol. The summed E-state index contributed by atoms with van der Waals surface area (Å²) in [4.78, 5) is 12.9. The van der Waals surface area contributed by atoms with Crippen LogP contribution in [0, 0.1) is 0 Å². The van der Waals surface area contributed by atoms with Gasteiger partial charge in [0.2, 0.25) is 0 Å². The van der Waals surface area contributed by atoms with E-state index in [-0.39, 0.29) is 29.5 Å². The van der Waals surface area contributed by atoms with E-state index in [1.807, 2.05) is 66.7 Å². The van der Waals surface area contributed by atoms with Crippen LogP contribution in [-0.4, -0.2) is 14.4 Å². The number of hydrogen-bond donors (Lipinski definition) is 0. The Kier molecular flexibility index (Phi) is 8.23. The summed E-state index contributed by atoms with van der Waals surface area (Å²) in [5.41, 5.74) is 2.34. The summed E-state index contributed by atoms with van der Waals surface area (Å²) in [5.74, 6) is -0.0268. The zero-order valence-corrected chi connectivity index (χ0v) is 22.4. The van der Waals surface area contributed by atoms with Gasteiger partial charge in [0.25, 0.3) is 10.0 Å². The predicted octanol–water partition coefficient (Wildman–Crippen LogP) is 6.88. The molecule has 7 heteroatoms. The average Bonchev–Trinajstić information content (AvgIpc) is 3.01. The molecule has 0 aliphatic rings. The minimum absolute atomic E-state index is 0.0375. The van der Waals surface area contributed by atoms with Gasteiger partial charge in [-0.15, -0.1) is 0 Å². The molecule has 5 rings (SSSR count). The van der Waals surface area contributed by atoms with Crippen LogP contribution < -0.4 is 13.8 Å². The molecule has 0 unspecified atom stereocenters. The lowest BCUT2D eigenvalue weighted by Crippen LogP contribution is -2.31. The third-order valence-corrected chi connectivity index (χ3v) is 7.93. The molecule has 0 saturated heterocycles. The maximum atomic E-state index is 14.1. The van der Waals surface area contributed by atoms with E-state index >= 15 is 0 Å². The van der Waals surface area contributed by atoms with Crippen LogP contribution in [0.2, 0.25) is 0 Å². The Bertz CT molecular complexity index is 1660.